The largest absolute Gasteiger partial charge is 0.391 e. The molecule has 4 heterocycles. The van der Waals surface area contributed by atoms with E-state index in [1.165, 1.54) is 0 Å². The van der Waals surface area contributed by atoms with Gasteiger partial charge in [0.25, 0.3) is 0 Å². The van der Waals surface area contributed by atoms with Gasteiger partial charge < -0.3 is 15.3 Å². The zero-order chi connectivity index (χ0) is 22.3. The van der Waals surface area contributed by atoms with E-state index in [9.17, 15) is 9.32 Å². The fourth-order valence-corrected chi connectivity index (χ4v) is 5.78. The SMILES string of the molecule is C#Cc1cnc(C2=CCN(c3nc4c(c(NC5([C@@H](C)O)CCC5)n3)[S@@](=O)CC4)CC2)nc1. The van der Waals surface area contributed by atoms with E-state index >= 15 is 0 Å². The first-order chi connectivity index (χ1) is 15.5. The van der Waals surface area contributed by atoms with Gasteiger partial charge in [-0.15, -0.1) is 6.42 Å². The lowest BCUT2D eigenvalue weighted by molar-refractivity contribution is 0.0631. The number of terminal acetylenes is 1. The number of aromatic nitrogens is 4. The molecule has 0 unspecified atom stereocenters. The van der Waals surface area contributed by atoms with Crippen LogP contribution in [-0.4, -0.2) is 59.7 Å². The summed E-state index contributed by atoms with van der Waals surface area (Å²) in [6.45, 7) is 3.17. The molecule has 1 saturated carbocycles. The van der Waals surface area contributed by atoms with Gasteiger partial charge in [-0.05, 0) is 38.2 Å². The van der Waals surface area contributed by atoms with Crippen molar-refractivity contribution < 1.29 is 9.32 Å². The van der Waals surface area contributed by atoms with Crippen LogP contribution in [0.3, 0.4) is 0 Å². The highest BCUT2D eigenvalue weighted by molar-refractivity contribution is 7.85. The molecule has 0 saturated heterocycles. The molecule has 2 N–H and O–H groups in total. The maximum absolute atomic E-state index is 12.7. The van der Waals surface area contributed by atoms with Gasteiger partial charge in [-0.1, -0.05) is 12.0 Å². The van der Waals surface area contributed by atoms with E-state index in [1.807, 2.05) is 0 Å². The van der Waals surface area contributed by atoms with Crippen LogP contribution >= 0.6 is 0 Å². The Balaban J connectivity index is 1.41. The molecule has 2 aliphatic heterocycles. The van der Waals surface area contributed by atoms with Gasteiger partial charge in [0.2, 0.25) is 5.95 Å². The van der Waals surface area contributed by atoms with E-state index in [4.69, 9.17) is 16.4 Å². The average molecular weight is 451 g/mol. The summed E-state index contributed by atoms with van der Waals surface area (Å²) in [4.78, 5) is 21.1. The Bertz CT molecular complexity index is 1130. The van der Waals surface area contributed by atoms with Crippen LogP contribution in [0.4, 0.5) is 11.8 Å². The van der Waals surface area contributed by atoms with Crippen molar-refractivity contribution >= 4 is 28.1 Å². The summed E-state index contributed by atoms with van der Waals surface area (Å²) >= 11 is 0. The summed E-state index contributed by atoms with van der Waals surface area (Å²) in [5, 5.41) is 13.8. The van der Waals surface area contributed by atoms with Crippen molar-refractivity contribution in [2.75, 3.05) is 29.1 Å². The van der Waals surface area contributed by atoms with Crippen LogP contribution in [0, 0.1) is 12.3 Å². The van der Waals surface area contributed by atoms with Gasteiger partial charge >= 0.3 is 0 Å². The lowest BCUT2D eigenvalue weighted by Crippen LogP contribution is -2.53. The maximum atomic E-state index is 12.7. The number of aliphatic hydroxyl groups is 1. The van der Waals surface area contributed by atoms with Crippen molar-refractivity contribution in [1.82, 2.24) is 19.9 Å². The number of hydrogen-bond donors (Lipinski definition) is 2. The van der Waals surface area contributed by atoms with E-state index in [2.05, 4.69) is 32.2 Å². The smallest absolute Gasteiger partial charge is 0.227 e. The molecule has 166 valence electrons. The monoisotopic (exact) mass is 450 g/mol. The Kier molecular flexibility index (Phi) is 5.43. The Labute approximate surface area is 190 Å². The summed E-state index contributed by atoms with van der Waals surface area (Å²) in [6.07, 6.45) is 14.5. The molecule has 0 aromatic carbocycles. The third-order valence-electron chi connectivity index (χ3n) is 6.69. The molecule has 1 fully saturated rings. The van der Waals surface area contributed by atoms with Gasteiger partial charge in [-0.3, -0.25) is 4.21 Å². The molecule has 0 spiro atoms. The van der Waals surface area contributed by atoms with E-state index in [1.54, 1.807) is 19.3 Å². The van der Waals surface area contributed by atoms with Crippen LogP contribution in [0.2, 0.25) is 0 Å². The van der Waals surface area contributed by atoms with Crippen molar-refractivity contribution in [3.63, 3.8) is 0 Å². The summed E-state index contributed by atoms with van der Waals surface area (Å²) in [5.74, 6) is 5.04. The van der Waals surface area contributed by atoms with Gasteiger partial charge in [0.15, 0.2) is 5.82 Å². The van der Waals surface area contributed by atoms with Gasteiger partial charge in [0, 0.05) is 37.7 Å². The molecule has 9 heteroatoms. The zero-order valence-electron chi connectivity index (χ0n) is 18.0. The van der Waals surface area contributed by atoms with Crippen molar-refractivity contribution in [1.29, 1.82) is 0 Å². The molecule has 1 aliphatic carbocycles. The average Bonchev–Trinajstić information content (AvgIpc) is 3.17. The Hall–Kier alpha value is -2.83. The number of nitrogens with one attached hydrogen (secondary N) is 1. The van der Waals surface area contributed by atoms with Gasteiger partial charge in [0.1, 0.15) is 10.7 Å². The van der Waals surface area contributed by atoms with Crippen molar-refractivity contribution in [2.45, 2.75) is 55.6 Å². The summed E-state index contributed by atoms with van der Waals surface area (Å²) in [6, 6.07) is 0. The third kappa shape index (κ3) is 3.67. The normalized spacial score (nSPS) is 22.3. The zero-order valence-corrected chi connectivity index (χ0v) is 18.9. The molecular formula is C23H26N6O2S. The quantitative estimate of drug-likeness (QED) is 0.666. The topological polar surface area (TPSA) is 104 Å². The van der Waals surface area contributed by atoms with Crippen LogP contribution in [0.5, 0.6) is 0 Å². The number of aliphatic hydroxyl groups excluding tert-OH is 1. The van der Waals surface area contributed by atoms with E-state index < -0.39 is 22.4 Å². The molecule has 2 atom stereocenters. The first-order valence-corrected chi connectivity index (χ1v) is 12.3. The number of aryl methyl sites for hydroxylation is 1. The Morgan fingerprint density at radius 3 is 2.66 bits per heavy atom. The van der Waals surface area contributed by atoms with Crippen LogP contribution in [0.15, 0.2) is 23.4 Å². The van der Waals surface area contributed by atoms with Crippen LogP contribution in [-0.2, 0) is 17.2 Å². The highest BCUT2D eigenvalue weighted by Crippen LogP contribution is 2.40. The molecule has 5 rings (SSSR count). The molecule has 0 radical (unpaired) electrons. The Morgan fingerprint density at radius 1 is 1.28 bits per heavy atom. The molecule has 2 aromatic rings. The summed E-state index contributed by atoms with van der Waals surface area (Å²) < 4.78 is 12.7. The number of hydrogen-bond acceptors (Lipinski definition) is 8. The lowest BCUT2D eigenvalue weighted by atomic mass is 9.73. The Morgan fingerprint density at radius 2 is 2.06 bits per heavy atom. The van der Waals surface area contributed by atoms with Crippen molar-refractivity contribution in [2.24, 2.45) is 0 Å². The molecule has 2 aromatic heterocycles. The predicted octanol–water partition coefficient (Wildman–Crippen LogP) is 1.92. The molecule has 8 nitrogen and oxygen atoms in total. The fraction of sp³-hybridized carbons (Fsp3) is 0.478. The second kappa shape index (κ2) is 8.26. The van der Waals surface area contributed by atoms with E-state index in [0.717, 1.165) is 43.5 Å². The highest BCUT2D eigenvalue weighted by atomic mass is 32.2. The first-order valence-electron chi connectivity index (χ1n) is 11.0. The number of anilines is 2. The minimum Gasteiger partial charge on any atom is -0.391 e. The maximum Gasteiger partial charge on any atom is 0.227 e. The second-order valence-electron chi connectivity index (χ2n) is 8.62. The number of fused-ring (bicyclic) bond motifs is 1. The summed E-state index contributed by atoms with van der Waals surface area (Å²) in [7, 11) is -1.11. The van der Waals surface area contributed by atoms with Crippen LogP contribution < -0.4 is 10.2 Å². The van der Waals surface area contributed by atoms with E-state index in [-0.39, 0.29) is 0 Å². The summed E-state index contributed by atoms with van der Waals surface area (Å²) in [5.41, 5.74) is 2.19. The van der Waals surface area contributed by atoms with E-state index in [0.29, 0.717) is 46.8 Å². The van der Waals surface area contributed by atoms with Gasteiger partial charge in [-0.25, -0.2) is 15.0 Å². The first kappa shape index (κ1) is 21.0. The van der Waals surface area contributed by atoms with Crippen molar-refractivity contribution in [3.8, 4) is 12.3 Å². The molecule has 0 bridgehead atoms. The predicted molar refractivity (Wildman–Crippen MR) is 124 cm³/mol. The van der Waals surface area contributed by atoms with Crippen LogP contribution in [0.1, 0.15) is 49.7 Å². The molecule has 3 aliphatic rings. The van der Waals surface area contributed by atoms with Crippen molar-refractivity contribution in [3.05, 3.63) is 35.6 Å². The van der Waals surface area contributed by atoms with Gasteiger partial charge in [0.05, 0.1) is 33.7 Å². The third-order valence-corrected chi connectivity index (χ3v) is 8.15. The minimum absolute atomic E-state index is 0.400. The number of rotatable bonds is 5. The molecule has 0 amide bonds. The fourth-order valence-electron chi connectivity index (χ4n) is 4.47. The standard InChI is InChI=1S/C23H26N6O2S/c1-3-16-13-24-20(25-14-16)17-5-10-29(11-6-17)22-26-18-7-12-32(31)19(18)21(27-22)28-23(15(2)30)8-4-9-23/h1,5,13-15,30H,4,6-12H2,2H3,(H,26,27,28)/t15-,32+/m1/s1. The molecule has 32 heavy (non-hydrogen) atoms. The van der Waals surface area contributed by atoms with Gasteiger partial charge in [-0.2, -0.15) is 4.98 Å². The lowest BCUT2D eigenvalue weighted by Gasteiger charge is -2.45. The minimum atomic E-state index is -1.11. The second-order valence-corrected chi connectivity index (χ2v) is 10.1. The highest BCUT2D eigenvalue weighted by Gasteiger charge is 2.43. The molecular weight excluding hydrogens is 424 g/mol. The van der Waals surface area contributed by atoms with Crippen LogP contribution in [0.25, 0.3) is 5.57 Å². The number of nitrogens with zero attached hydrogens (tertiary/aromatic N) is 5.